The van der Waals surface area contributed by atoms with Crippen LogP contribution in [0.15, 0.2) is 42.6 Å². The van der Waals surface area contributed by atoms with Crippen LogP contribution in [0.1, 0.15) is 55.5 Å². The van der Waals surface area contributed by atoms with E-state index in [0.29, 0.717) is 17.7 Å². The SMILES string of the molecule is Oc1ccc(CN2CCC(n3c(C4CCC4)nc4cccnc43)CC2)cc1. The van der Waals surface area contributed by atoms with E-state index in [1.807, 2.05) is 24.4 Å². The topological polar surface area (TPSA) is 54.2 Å². The lowest BCUT2D eigenvalue weighted by atomic mass is 9.84. The van der Waals surface area contributed by atoms with Gasteiger partial charge in [-0.1, -0.05) is 18.6 Å². The number of pyridine rings is 1. The van der Waals surface area contributed by atoms with Crippen molar-refractivity contribution in [2.75, 3.05) is 13.1 Å². The average molecular weight is 362 g/mol. The smallest absolute Gasteiger partial charge is 0.160 e. The molecule has 5 heteroatoms. The molecule has 3 heterocycles. The van der Waals surface area contributed by atoms with Gasteiger partial charge >= 0.3 is 0 Å². The molecule has 1 saturated heterocycles. The van der Waals surface area contributed by atoms with Crippen molar-refractivity contribution in [3.63, 3.8) is 0 Å². The summed E-state index contributed by atoms with van der Waals surface area (Å²) in [6.07, 6.45) is 8.03. The number of piperidine rings is 1. The Morgan fingerprint density at radius 3 is 2.48 bits per heavy atom. The van der Waals surface area contributed by atoms with Crippen molar-refractivity contribution >= 4 is 11.2 Å². The molecule has 5 nitrogen and oxygen atoms in total. The summed E-state index contributed by atoms with van der Waals surface area (Å²) in [5.74, 6) is 2.22. The largest absolute Gasteiger partial charge is 0.508 e. The van der Waals surface area contributed by atoms with Crippen molar-refractivity contribution in [2.24, 2.45) is 0 Å². The van der Waals surface area contributed by atoms with E-state index in [0.717, 1.165) is 43.6 Å². The molecule has 0 bridgehead atoms. The highest BCUT2D eigenvalue weighted by Gasteiger charge is 2.30. The van der Waals surface area contributed by atoms with Gasteiger partial charge in [0.1, 0.15) is 17.1 Å². The molecule has 1 aromatic carbocycles. The molecule has 27 heavy (non-hydrogen) atoms. The molecule has 0 spiro atoms. The highest BCUT2D eigenvalue weighted by atomic mass is 16.3. The Labute approximate surface area is 159 Å². The zero-order valence-corrected chi connectivity index (χ0v) is 15.6. The third-order valence-corrected chi connectivity index (χ3v) is 6.21. The first-order valence-electron chi connectivity index (χ1n) is 10.1. The monoisotopic (exact) mass is 362 g/mol. The number of benzene rings is 1. The maximum atomic E-state index is 9.46. The fourth-order valence-corrected chi connectivity index (χ4v) is 4.46. The number of likely N-dealkylation sites (tertiary alicyclic amines) is 1. The van der Waals surface area contributed by atoms with Crippen LogP contribution in [-0.2, 0) is 6.54 Å². The van der Waals surface area contributed by atoms with E-state index >= 15 is 0 Å². The molecule has 3 aromatic rings. The van der Waals surface area contributed by atoms with Crippen LogP contribution in [-0.4, -0.2) is 37.6 Å². The van der Waals surface area contributed by atoms with Crippen LogP contribution >= 0.6 is 0 Å². The molecule has 0 amide bonds. The average Bonchev–Trinajstić information content (AvgIpc) is 3.02. The maximum Gasteiger partial charge on any atom is 0.160 e. The van der Waals surface area contributed by atoms with E-state index in [1.54, 1.807) is 12.1 Å². The predicted molar refractivity (Wildman–Crippen MR) is 106 cm³/mol. The zero-order chi connectivity index (χ0) is 18.2. The summed E-state index contributed by atoms with van der Waals surface area (Å²) in [6, 6.07) is 12.2. The van der Waals surface area contributed by atoms with Gasteiger partial charge in [0.05, 0.1) is 0 Å². The Kier molecular flexibility index (Phi) is 4.32. The first-order chi connectivity index (χ1) is 13.3. The lowest BCUT2D eigenvalue weighted by Gasteiger charge is -2.35. The Bertz CT molecular complexity index is 921. The second-order valence-corrected chi connectivity index (χ2v) is 7.99. The first kappa shape index (κ1) is 16.8. The molecule has 140 valence electrons. The van der Waals surface area contributed by atoms with Crippen LogP contribution in [0.4, 0.5) is 0 Å². The number of phenols is 1. The number of nitrogens with zero attached hydrogens (tertiary/aromatic N) is 4. The minimum Gasteiger partial charge on any atom is -0.508 e. The second kappa shape index (κ2) is 6.97. The van der Waals surface area contributed by atoms with Crippen molar-refractivity contribution in [1.29, 1.82) is 0 Å². The quantitative estimate of drug-likeness (QED) is 0.754. The van der Waals surface area contributed by atoms with Crippen molar-refractivity contribution in [3.05, 3.63) is 54.0 Å². The number of rotatable bonds is 4. The standard InChI is InChI=1S/C22H26N4O/c27-19-8-6-16(7-9-19)15-25-13-10-18(11-14-25)26-21(17-3-1-4-17)24-20-5-2-12-23-22(20)26/h2,5-9,12,17-18,27H,1,3-4,10-11,13-15H2. The third kappa shape index (κ3) is 3.21. The molecular formula is C22H26N4O. The molecule has 2 fully saturated rings. The van der Waals surface area contributed by atoms with Crippen LogP contribution in [0.25, 0.3) is 11.2 Å². The summed E-state index contributed by atoms with van der Waals surface area (Å²) in [7, 11) is 0. The van der Waals surface area contributed by atoms with Gasteiger partial charge in [0.25, 0.3) is 0 Å². The molecule has 0 atom stereocenters. The fourth-order valence-electron chi connectivity index (χ4n) is 4.46. The van der Waals surface area contributed by atoms with Gasteiger partial charge in [0.15, 0.2) is 5.65 Å². The molecular weight excluding hydrogens is 336 g/mol. The number of imidazole rings is 1. The summed E-state index contributed by atoms with van der Waals surface area (Å²) >= 11 is 0. The molecule has 0 radical (unpaired) electrons. The van der Waals surface area contributed by atoms with Crippen LogP contribution < -0.4 is 0 Å². The molecule has 0 unspecified atom stereocenters. The Morgan fingerprint density at radius 2 is 1.78 bits per heavy atom. The van der Waals surface area contributed by atoms with Gasteiger partial charge in [0, 0.05) is 37.8 Å². The minimum atomic E-state index is 0.334. The van der Waals surface area contributed by atoms with Gasteiger partial charge in [-0.25, -0.2) is 9.97 Å². The van der Waals surface area contributed by atoms with Crippen molar-refractivity contribution in [3.8, 4) is 5.75 Å². The number of hydrogen-bond acceptors (Lipinski definition) is 4. The number of aromatic hydroxyl groups is 1. The summed E-state index contributed by atoms with van der Waals surface area (Å²) in [6.45, 7) is 3.12. The zero-order valence-electron chi connectivity index (χ0n) is 15.6. The van der Waals surface area contributed by atoms with Crippen molar-refractivity contribution < 1.29 is 5.11 Å². The molecule has 5 rings (SSSR count). The van der Waals surface area contributed by atoms with E-state index in [4.69, 9.17) is 4.98 Å². The van der Waals surface area contributed by atoms with Crippen LogP contribution in [0.2, 0.25) is 0 Å². The van der Waals surface area contributed by atoms with Crippen LogP contribution in [0.5, 0.6) is 5.75 Å². The van der Waals surface area contributed by atoms with Gasteiger partial charge in [0.2, 0.25) is 0 Å². The van der Waals surface area contributed by atoms with Gasteiger partial charge in [-0.15, -0.1) is 0 Å². The Morgan fingerprint density at radius 1 is 1.00 bits per heavy atom. The van der Waals surface area contributed by atoms with Gasteiger partial charge in [-0.2, -0.15) is 0 Å². The lowest BCUT2D eigenvalue weighted by molar-refractivity contribution is 0.177. The number of hydrogen-bond donors (Lipinski definition) is 1. The fraction of sp³-hybridized carbons (Fsp3) is 0.455. The van der Waals surface area contributed by atoms with Crippen LogP contribution in [0.3, 0.4) is 0 Å². The van der Waals surface area contributed by atoms with E-state index in [-0.39, 0.29) is 0 Å². The number of aromatic nitrogens is 3. The van der Waals surface area contributed by atoms with E-state index in [2.05, 4.69) is 20.5 Å². The normalized spacial score (nSPS) is 19.4. The summed E-state index contributed by atoms with van der Waals surface area (Å²) in [4.78, 5) is 12.2. The highest BCUT2D eigenvalue weighted by molar-refractivity contribution is 5.71. The Hall–Kier alpha value is -2.40. The lowest BCUT2D eigenvalue weighted by Crippen LogP contribution is -2.35. The van der Waals surface area contributed by atoms with E-state index < -0.39 is 0 Å². The second-order valence-electron chi connectivity index (χ2n) is 7.99. The van der Waals surface area contributed by atoms with Gasteiger partial charge in [-0.3, -0.25) is 4.90 Å². The third-order valence-electron chi connectivity index (χ3n) is 6.21. The van der Waals surface area contributed by atoms with Gasteiger partial charge < -0.3 is 9.67 Å². The maximum absolute atomic E-state index is 9.46. The van der Waals surface area contributed by atoms with E-state index in [1.165, 1.54) is 30.7 Å². The van der Waals surface area contributed by atoms with Crippen molar-refractivity contribution in [2.45, 2.75) is 50.6 Å². The minimum absolute atomic E-state index is 0.334. The number of phenolic OH excluding ortho intramolecular Hbond substituents is 1. The molecule has 1 aliphatic carbocycles. The summed E-state index contributed by atoms with van der Waals surface area (Å²) in [5, 5.41) is 9.46. The summed E-state index contributed by atoms with van der Waals surface area (Å²) in [5.41, 5.74) is 3.37. The molecule has 2 aromatic heterocycles. The van der Waals surface area contributed by atoms with E-state index in [9.17, 15) is 5.11 Å². The van der Waals surface area contributed by atoms with Crippen molar-refractivity contribution in [1.82, 2.24) is 19.4 Å². The highest BCUT2D eigenvalue weighted by Crippen LogP contribution is 2.39. The molecule has 1 aliphatic heterocycles. The number of fused-ring (bicyclic) bond motifs is 1. The summed E-state index contributed by atoms with van der Waals surface area (Å²) < 4.78 is 2.47. The van der Waals surface area contributed by atoms with Crippen LogP contribution in [0, 0.1) is 0 Å². The molecule has 1 N–H and O–H groups in total. The Balaban J connectivity index is 1.34. The predicted octanol–water partition coefficient (Wildman–Crippen LogP) is 4.24. The first-order valence-corrected chi connectivity index (χ1v) is 10.1. The van der Waals surface area contributed by atoms with Gasteiger partial charge in [-0.05, 0) is 55.5 Å². The molecule has 1 saturated carbocycles. The molecule has 2 aliphatic rings.